The molecule has 116 valence electrons. The van der Waals surface area contributed by atoms with E-state index in [0.29, 0.717) is 23.0 Å². The Balaban J connectivity index is 1.90. The molecule has 0 saturated heterocycles. The molecular formula is C18H16FN3O. The maximum atomic E-state index is 14.4. The number of rotatable bonds is 3. The van der Waals surface area contributed by atoms with Crippen molar-refractivity contribution < 1.29 is 4.39 Å². The third-order valence-electron chi connectivity index (χ3n) is 4.33. The Morgan fingerprint density at radius 1 is 1.26 bits per heavy atom. The van der Waals surface area contributed by atoms with Gasteiger partial charge in [-0.15, -0.1) is 0 Å². The van der Waals surface area contributed by atoms with Crippen LogP contribution in [0.1, 0.15) is 35.7 Å². The van der Waals surface area contributed by atoms with Gasteiger partial charge in [-0.3, -0.25) is 9.36 Å². The molecule has 4 rings (SSSR count). The molecule has 0 bridgehead atoms. The van der Waals surface area contributed by atoms with Gasteiger partial charge in [-0.25, -0.2) is 14.4 Å². The molecule has 0 amide bonds. The van der Waals surface area contributed by atoms with Crippen LogP contribution in [0.25, 0.3) is 11.0 Å². The van der Waals surface area contributed by atoms with Crippen LogP contribution in [0.15, 0.2) is 41.3 Å². The van der Waals surface area contributed by atoms with Crippen LogP contribution in [0.4, 0.5) is 4.39 Å². The summed E-state index contributed by atoms with van der Waals surface area (Å²) in [7, 11) is 0. The van der Waals surface area contributed by atoms with Crippen molar-refractivity contribution in [3.05, 3.63) is 69.7 Å². The Kier molecular flexibility index (Phi) is 3.22. The van der Waals surface area contributed by atoms with E-state index in [1.807, 2.05) is 6.07 Å². The SMILES string of the molecule is Cc1ncc2ccc(=O)n(Cc3c(F)cccc3C3CC3)c2n1. The Morgan fingerprint density at radius 2 is 2.09 bits per heavy atom. The van der Waals surface area contributed by atoms with E-state index >= 15 is 0 Å². The second-order valence-electron chi connectivity index (χ2n) is 6.04. The molecule has 1 saturated carbocycles. The van der Waals surface area contributed by atoms with Gasteiger partial charge in [-0.1, -0.05) is 12.1 Å². The van der Waals surface area contributed by atoms with E-state index in [1.54, 1.807) is 25.3 Å². The zero-order chi connectivity index (χ0) is 16.0. The number of hydrogen-bond donors (Lipinski definition) is 0. The third-order valence-corrected chi connectivity index (χ3v) is 4.33. The summed E-state index contributed by atoms with van der Waals surface area (Å²) in [5.41, 5.74) is 1.98. The maximum absolute atomic E-state index is 14.4. The van der Waals surface area contributed by atoms with E-state index < -0.39 is 0 Å². The number of halogens is 1. The highest BCUT2D eigenvalue weighted by atomic mass is 19.1. The molecule has 4 nitrogen and oxygen atoms in total. The van der Waals surface area contributed by atoms with E-state index in [2.05, 4.69) is 9.97 Å². The lowest BCUT2D eigenvalue weighted by atomic mass is 10.0. The van der Waals surface area contributed by atoms with E-state index in [1.165, 1.54) is 16.7 Å². The Labute approximate surface area is 132 Å². The van der Waals surface area contributed by atoms with E-state index in [0.717, 1.165) is 23.8 Å². The molecule has 1 fully saturated rings. The number of aryl methyl sites for hydroxylation is 1. The number of nitrogens with zero attached hydrogens (tertiary/aromatic N) is 3. The predicted molar refractivity (Wildman–Crippen MR) is 86.0 cm³/mol. The standard InChI is InChI=1S/C18H16FN3O/c1-11-20-9-13-7-8-17(23)22(18(13)21-11)10-15-14(12-5-6-12)3-2-4-16(15)19/h2-4,7-9,12H,5-6,10H2,1H3. The Hall–Kier alpha value is -2.56. The molecule has 2 heterocycles. The molecule has 0 radical (unpaired) electrons. The van der Waals surface area contributed by atoms with Gasteiger partial charge in [0.25, 0.3) is 5.56 Å². The molecule has 1 aliphatic carbocycles. The first-order chi connectivity index (χ1) is 11.1. The molecule has 0 atom stereocenters. The molecule has 1 aromatic carbocycles. The van der Waals surface area contributed by atoms with E-state index in [4.69, 9.17) is 0 Å². The fourth-order valence-corrected chi connectivity index (χ4v) is 2.99. The van der Waals surface area contributed by atoms with Crippen molar-refractivity contribution in [2.45, 2.75) is 32.2 Å². The van der Waals surface area contributed by atoms with Crippen molar-refractivity contribution in [3.8, 4) is 0 Å². The Bertz CT molecular complexity index is 960. The molecule has 2 aromatic heterocycles. The van der Waals surface area contributed by atoms with Gasteiger partial charge in [0.15, 0.2) is 0 Å². The summed E-state index contributed by atoms with van der Waals surface area (Å²) >= 11 is 0. The topological polar surface area (TPSA) is 47.8 Å². The minimum atomic E-state index is -0.260. The van der Waals surface area contributed by atoms with Crippen molar-refractivity contribution in [3.63, 3.8) is 0 Å². The number of aromatic nitrogens is 3. The molecule has 0 N–H and O–H groups in total. The monoisotopic (exact) mass is 309 g/mol. The van der Waals surface area contributed by atoms with Gasteiger partial charge in [0.05, 0.1) is 6.54 Å². The van der Waals surface area contributed by atoms with Crippen LogP contribution in [-0.2, 0) is 6.54 Å². The summed E-state index contributed by atoms with van der Waals surface area (Å²) < 4.78 is 15.9. The van der Waals surface area contributed by atoms with Crippen LogP contribution < -0.4 is 5.56 Å². The molecule has 0 spiro atoms. The molecule has 0 unspecified atom stereocenters. The number of hydrogen-bond acceptors (Lipinski definition) is 3. The van der Waals surface area contributed by atoms with Crippen molar-refractivity contribution in [2.24, 2.45) is 0 Å². The fourth-order valence-electron chi connectivity index (χ4n) is 2.99. The predicted octanol–water partition coefficient (Wildman–Crippen LogP) is 3.16. The molecule has 3 aromatic rings. The minimum Gasteiger partial charge on any atom is -0.288 e. The third kappa shape index (κ3) is 2.52. The lowest BCUT2D eigenvalue weighted by Gasteiger charge is -2.13. The van der Waals surface area contributed by atoms with Crippen LogP contribution in [0, 0.1) is 12.7 Å². The molecule has 0 aliphatic heterocycles. The second-order valence-corrected chi connectivity index (χ2v) is 6.04. The smallest absolute Gasteiger partial charge is 0.252 e. The summed E-state index contributed by atoms with van der Waals surface area (Å²) in [5, 5.41) is 0.777. The lowest BCUT2D eigenvalue weighted by Crippen LogP contribution is -2.22. The van der Waals surface area contributed by atoms with Gasteiger partial charge in [0.1, 0.15) is 17.3 Å². The number of pyridine rings is 1. The molecule has 1 aliphatic rings. The lowest BCUT2D eigenvalue weighted by molar-refractivity contribution is 0.594. The number of benzene rings is 1. The van der Waals surface area contributed by atoms with Crippen LogP contribution in [0.5, 0.6) is 0 Å². The van der Waals surface area contributed by atoms with Gasteiger partial charge in [0, 0.05) is 23.2 Å². The highest BCUT2D eigenvalue weighted by Gasteiger charge is 2.27. The van der Waals surface area contributed by atoms with Crippen LogP contribution in [0.3, 0.4) is 0 Å². The quantitative estimate of drug-likeness (QED) is 0.746. The summed E-state index contributed by atoms with van der Waals surface area (Å²) in [6, 6.07) is 8.35. The van der Waals surface area contributed by atoms with Gasteiger partial charge in [-0.2, -0.15) is 0 Å². The zero-order valence-electron chi connectivity index (χ0n) is 12.8. The van der Waals surface area contributed by atoms with Crippen molar-refractivity contribution in [1.29, 1.82) is 0 Å². The zero-order valence-corrected chi connectivity index (χ0v) is 12.8. The number of fused-ring (bicyclic) bond motifs is 1. The first-order valence-electron chi connectivity index (χ1n) is 7.74. The first-order valence-corrected chi connectivity index (χ1v) is 7.74. The van der Waals surface area contributed by atoms with Crippen LogP contribution >= 0.6 is 0 Å². The van der Waals surface area contributed by atoms with Gasteiger partial charge in [-0.05, 0) is 43.4 Å². The second kappa shape index (κ2) is 5.26. The first kappa shape index (κ1) is 14.1. The largest absolute Gasteiger partial charge is 0.288 e. The summed E-state index contributed by atoms with van der Waals surface area (Å²) in [5.74, 6) is 0.750. The average Bonchev–Trinajstić information content (AvgIpc) is 3.36. The van der Waals surface area contributed by atoms with Crippen molar-refractivity contribution in [1.82, 2.24) is 14.5 Å². The Morgan fingerprint density at radius 3 is 2.87 bits per heavy atom. The van der Waals surface area contributed by atoms with Crippen LogP contribution in [-0.4, -0.2) is 14.5 Å². The van der Waals surface area contributed by atoms with Crippen LogP contribution in [0.2, 0.25) is 0 Å². The fraction of sp³-hybridized carbons (Fsp3) is 0.278. The van der Waals surface area contributed by atoms with Crippen molar-refractivity contribution >= 4 is 11.0 Å². The summed E-state index contributed by atoms with van der Waals surface area (Å²) in [6.45, 7) is 1.98. The average molecular weight is 309 g/mol. The minimum absolute atomic E-state index is 0.180. The van der Waals surface area contributed by atoms with E-state index in [9.17, 15) is 9.18 Å². The normalized spacial score (nSPS) is 14.3. The van der Waals surface area contributed by atoms with Gasteiger partial charge in [0.2, 0.25) is 0 Å². The summed E-state index contributed by atoms with van der Waals surface area (Å²) in [4.78, 5) is 20.9. The maximum Gasteiger partial charge on any atom is 0.252 e. The summed E-state index contributed by atoms with van der Waals surface area (Å²) in [6.07, 6.45) is 3.86. The van der Waals surface area contributed by atoms with E-state index in [-0.39, 0.29) is 17.9 Å². The molecule has 23 heavy (non-hydrogen) atoms. The highest BCUT2D eigenvalue weighted by molar-refractivity contribution is 5.73. The highest BCUT2D eigenvalue weighted by Crippen LogP contribution is 2.42. The van der Waals surface area contributed by atoms with Gasteiger partial charge >= 0.3 is 0 Å². The van der Waals surface area contributed by atoms with Crippen molar-refractivity contribution in [2.75, 3.05) is 0 Å². The molecular weight excluding hydrogens is 293 g/mol. The van der Waals surface area contributed by atoms with Gasteiger partial charge < -0.3 is 0 Å². The molecule has 5 heteroatoms.